The van der Waals surface area contributed by atoms with Gasteiger partial charge in [-0.3, -0.25) is 0 Å². The number of oxime groups is 2. The van der Waals surface area contributed by atoms with E-state index in [1.165, 1.54) is 11.3 Å². The van der Waals surface area contributed by atoms with E-state index in [0.29, 0.717) is 5.88 Å². The first-order valence-corrected chi connectivity index (χ1v) is 3.42. The van der Waals surface area contributed by atoms with Crippen LogP contribution in [0.5, 0.6) is 0 Å². The molecule has 0 radical (unpaired) electrons. The largest absolute Gasteiger partial charge is 0.381 e. The average Bonchev–Trinajstić information content (AvgIpc) is 2.71. The quantitative estimate of drug-likeness (QED) is 0.500. The van der Waals surface area contributed by atoms with Crippen molar-refractivity contribution in [2.24, 2.45) is 15.4 Å². The summed E-state index contributed by atoms with van der Waals surface area (Å²) in [5.41, 5.74) is 0.850. The Balaban J connectivity index is 2.11. The van der Waals surface area contributed by atoms with Gasteiger partial charge in [-0.1, -0.05) is 10.3 Å². The number of hydrazone groups is 1. The number of fused-ring (bicyclic) bond motifs is 2. The highest BCUT2D eigenvalue weighted by Gasteiger charge is 2.32. The molecule has 6 heteroatoms. The summed E-state index contributed by atoms with van der Waals surface area (Å²) in [4.78, 5) is 9.93. The maximum Gasteiger partial charge on any atom is 0.260 e. The number of hydrogen-bond acceptors (Lipinski definition) is 6. The summed E-state index contributed by atoms with van der Waals surface area (Å²) in [5, 5.41) is 12.8. The van der Waals surface area contributed by atoms with Crippen LogP contribution in [0.4, 0.5) is 0 Å². The van der Waals surface area contributed by atoms with E-state index in [1.807, 2.05) is 0 Å². The summed E-state index contributed by atoms with van der Waals surface area (Å²) >= 11 is 0. The Morgan fingerprint density at radius 1 is 1.42 bits per heavy atom. The van der Waals surface area contributed by atoms with Crippen molar-refractivity contribution in [2.45, 2.75) is 6.10 Å². The molecule has 0 bridgehead atoms. The van der Waals surface area contributed by atoms with Crippen molar-refractivity contribution in [3.63, 3.8) is 0 Å². The Morgan fingerprint density at radius 3 is 3.42 bits per heavy atom. The molecule has 12 heavy (non-hydrogen) atoms. The zero-order valence-corrected chi connectivity index (χ0v) is 5.91. The van der Waals surface area contributed by atoms with E-state index in [0.717, 1.165) is 5.57 Å². The summed E-state index contributed by atoms with van der Waals surface area (Å²) in [6.07, 6.45) is 4.53. The minimum atomic E-state index is -0.210. The summed E-state index contributed by atoms with van der Waals surface area (Å²) in [5.74, 6) is 0.573. The second-order valence-electron chi connectivity index (χ2n) is 2.44. The van der Waals surface area contributed by atoms with Crippen LogP contribution in [0, 0.1) is 0 Å². The first-order chi connectivity index (χ1) is 5.95. The van der Waals surface area contributed by atoms with E-state index in [4.69, 9.17) is 9.68 Å². The molecule has 0 saturated heterocycles. The van der Waals surface area contributed by atoms with E-state index in [9.17, 15) is 0 Å². The number of nitrogens with zero attached hydrogens (tertiary/aromatic N) is 4. The lowest BCUT2D eigenvalue weighted by molar-refractivity contribution is 0.133. The summed E-state index contributed by atoms with van der Waals surface area (Å²) in [6.45, 7) is 0. The smallest absolute Gasteiger partial charge is 0.260 e. The zero-order valence-electron chi connectivity index (χ0n) is 5.91. The highest BCUT2D eigenvalue weighted by Crippen LogP contribution is 2.25. The van der Waals surface area contributed by atoms with Gasteiger partial charge in [0.15, 0.2) is 12.4 Å². The van der Waals surface area contributed by atoms with Crippen molar-refractivity contribution in [3.8, 4) is 0 Å². The Labute approximate surface area is 67.4 Å². The van der Waals surface area contributed by atoms with Crippen LogP contribution in [0.1, 0.15) is 0 Å². The molecule has 6 nitrogen and oxygen atoms in total. The fraction of sp³-hybridized carbons (Fsp3) is 0.167. The SMILES string of the molecule is C1=NOC2=C3C=NOC3C=NN12. The molecule has 60 valence electrons. The Kier molecular flexibility index (Phi) is 0.885. The molecule has 0 aromatic rings. The van der Waals surface area contributed by atoms with Crippen LogP contribution in [0.3, 0.4) is 0 Å². The lowest BCUT2D eigenvalue weighted by Gasteiger charge is -2.15. The van der Waals surface area contributed by atoms with E-state index in [1.54, 1.807) is 12.4 Å². The molecular formula is C6H4N4O2. The fourth-order valence-corrected chi connectivity index (χ4v) is 1.18. The van der Waals surface area contributed by atoms with Crippen molar-refractivity contribution in [2.75, 3.05) is 0 Å². The van der Waals surface area contributed by atoms with Gasteiger partial charge in [-0.2, -0.15) is 10.1 Å². The van der Waals surface area contributed by atoms with Crippen LogP contribution in [0.15, 0.2) is 26.9 Å². The molecule has 0 amide bonds. The minimum Gasteiger partial charge on any atom is -0.381 e. The van der Waals surface area contributed by atoms with Crippen LogP contribution < -0.4 is 0 Å². The van der Waals surface area contributed by atoms with Crippen LogP contribution in [-0.4, -0.2) is 29.9 Å². The summed E-state index contributed by atoms with van der Waals surface area (Å²) in [7, 11) is 0. The predicted molar refractivity (Wildman–Crippen MR) is 40.3 cm³/mol. The van der Waals surface area contributed by atoms with Gasteiger partial charge >= 0.3 is 0 Å². The average molecular weight is 164 g/mol. The standard InChI is InChI=1S/C6H4N4O2/c1-4-5(11-8-1)2-7-10-3-9-12-6(4)10/h1-3,5H. The van der Waals surface area contributed by atoms with Gasteiger partial charge in [-0.25, -0.2) is 0 Å². The monoisotopic (exact) mass is 164 g/mol. The van der Waals surface area contributed by atoms with Crippen molar-refractivity contribution in [1.82, 2.24) is 5.01 Å². The molecule has 0 N–H and O–H groups in total. The molecule has 3 rings (SSSR count). The normalized spacial score (nSPS) is 28.7. The molecule has 0 aromatic carbocycles. The Hall–Kier alpha value is -1.85. The lowest BCUT2D eigenvalue weighted by atomic mass is 10.2. The van der Waals surface area contributed by atoms with Crippen molar-refractivity contribution in [1.29, 1.82) is 0 Å². The number of hydrogen-bond donors (Lipinski definition) is 0. The van der Waals surface area contributed by atoms with E-state index in [2.05, 4.69) is 15.4 Å². The second kappa shape index (κ2) is 1.84. The van der Waals surface area contributed by atoms with Gasteiger partial charge in [0.1, 0.15) is 0 Å². The van der Waals surface area contributed by atoms with E-state index < -0.39 is 0 Å². The molecule has 0 spiro atoms. The first kappa shape index (κ1) is 5.76. The lowest BCUT2D eigenvalue weighted by Crippen LogP contribution is -2.25. The van der Waals surface area contributed by atoms with E-state index in [-0.39, 0.29) is 6.10 Å². The van der Waals surface area contributed by atoms with Gasteiger partial charge in [-0.05, 0) is 0 Å². The Morgan fingerprint density at radius 2 is 2.42 bits per heavy atom. The zero-order chi connectivity index (χ0) is 7.97. The highest BCUT2D eigenvalue weighted by molar-refractivity contribution is 5.91. The molecular weight excluding hydrogens is 160 g/mol. The van der Waals surface area contributed by atoms with Gasteiger partial charge in [0.25, 0.3) is 5.88 Å². The molecule has 1 unspecified atom stereocenters. The molecule has 1 atom stereocenters. The molecule has 0 saturated carbocycles. The number of rotatable bonds is 0. The van der Waals surface area contributed by atoms with Crippen molar-refractivity contribution >= 4 is 18.8 Å². The topological polar surface area (TPSA) is 58.8 Å². The predicted octanol–water partition coefficient (Wildman–Crippen LogP) is -0.142. The summed E-state index contributed by atoms with van der Waals surface area (Å²) in [6, 6.07) is 0. The third-order valence-electron chi connectivity index (χ3n) is 1.75. The maximum absolute atomic E-state index is 4.97. The van der Waals surface area contributed by atoms with Crippen molar-refractivity contribution < 1.29 is 9.68 Å². The maximum atomic E-state index is 4.97. The third kappa shape index (κ3) is 0.565. The van der Waals surface area contributed by atoms with Gasteiger partial charge in [-0.15, -0.1) is 0 Å². The Bertz CT molecular complexity index is 343. The third-order valence-corrected chi connectivity index (χ3v) is 1.75. The summed E-state index contributed by atoms with van der Waals surface area (Å²) < 4.78 is 0. The van der Waals surface area contributed by atoms with Gasteiger partial charge in [0.05, 0.1) is 18.0 Å². The fourth-order valence-electron chi connectivity index (χ4n) is 1.18. The van der Waals surface area contributed by atoms with Crippen LogP contribution in [0.2, 0.25) is 0 Å². The second-order valence-corrected chi connectivity index (χ2v) is 2.44. The van der Waals surface area contributed by atoms with E-state index >= 15 is 0 Å². The van der Waals surface area contributed by atoms with Gasteiger partial charge < -0.3 is 9.68 Å². The van der Waals surface area contributed by atoms with Gasteiger partial charge in [0.2, 0.25) is 0 Å². The van der Waals surface area contributed by atoms with Crippen LogP contribution in [0.25, 0.3) is 0 Å². The van der Waals surface area contributed by atoms with Gasteiger partial charge in [0, 0.05) is 0 Å². The molecule has 0 fully saturated rings. The molecule has 0 aliphatic carbocycles. The first-order valence-electron chi connectivity index (χ1n) is 3.42. The molecule has 3 heterocycles. The minimum absolute atomic E-state index is 0.210. The van der Waals surface area contributed by atoms with Crippen molar-refractivity contribution in [3.05, 3.63) is 11.5 Å². The van der Waals surface area contributed by atoms with Crippen LogP contribution >= 0.6 is 0 Å². The molecule has 3 aliphatic heterocycles. The molecule has 0 aromatic heterocycles. The highest BCUT2D eigenvalue weighted by atomic mass is 16.7. The van der Waals surface area contributed by atoms with Crippen LogP contribution in [-0.2, 0) is 9.68 Å². The molecule has 3 aliphatic rings.